The molecule has 0 heterocycles. The van der Waals surface area contributed by atoms with Gasteiger partial charge in [-0.25, -0.2) is 4.79 Å². The topological polar surface area (TPSA) is 35.5 Å². The molecule has 1 unspecified atom stereocenters. The summed E-state index contributed by atoms with van der Waals surface area (Å²) >= 11 is 0. The Bertz CT molecular complexity index is 221. The highest BCUT2D eigenvalue weighted by molar-refractivity contribution is 5.79. The first-order chi connectivity index (χ1) is 7.65. The summed E-state index contributed by atoms with van der Waals surface area (Å²) in [4.78, 5) is 12.0. The van der Waals surface area contributed by atoms with E-state index in [4.69, 9.17) is 9.47 Å². The number of rotatable bonds is 5. The van der Waals surface area contributed by atoms with Crippen LogP contribution in [0.15, 0.2) is 0 Å². The van der Waals surface area contributed by atoms with Crippen LogP contribution in [0, 0.1) is 5.92 Å². The van der Waals surface area contributed by atoms with E-state index in [1.54, 1.807) is 0 Å². The highest BCUT2D eigenvalue weighted by Crippen LogP contribution is 2.35. The molecule has 0 bridgehead atoms. The van der Waals surface area contributed by atoms with E-state index in [1.165, 1.54) is 19.3 Å². The highest BCUT2D eigenvalue weighted by Gasteiger charge is 2.43. The molecule has 1 rings (SSSR count). The van der Waals surface area contributed by atoms with E-state index in [2.05, 4.69) is 0 Å². The number of carbonyl (C=O) groups is 1. The molecule has 1 aliphatic rings. The fraction of sp³-hybridized carbons (Fsp3) is 0.923. The van der Waals surface area contributed by atoms with Crippen molar-refractivity contribution in [1.29, 1.82) is 0 Å². The maximum absolute atomic E-state index is 12.0. The molecule has 3 heteroatoms. The lowest BCUT2D eigenvalue weighted by Crippen LogP contribution is -2.47. The lowest BCUT2D eigenvalue weighted by molar-refractivity contribution is -0.179. The van der Waals surface area contributed by atoms with Crippen LogP contribution < -0.4 is 0 Å². The zero-order valence-corrected chi connectivity index (χ0v) is 10.8. The second-order valence-electron chi connectivity index (χ2n) is 4.60. The van der Waals surface area contributed by atoms with Crippen molar-refractivity contribution in [2.45, 2.75) is 58.5 Å². The summed E-state index contributed by atoms with van der Waals surface area (Å²) in [6.07, 6.45) is 5.84. The van der Waals surface area contributed by atoms with E-state index in [9.17, 15) is 4.79 Å². The van der Waals surface area contributed by atoms with Gasteiger partial charge in [-0.1, -0.05) is 19.3 Å². The number of hydrogen-bond donors (Lipinski definition) is 0. The molecule has 0 saturated heterocycles. The van der Waals surface area contributed by atoms with Gasteiger partial charge in [0, 0.05) is 6.61 Å². The van der Waals surface area contributed by atoms with Crippen molar-refractivity contribution in [2.24, 2.45) is 5.92 Å². The largest absolute Gasteiger partial charge is 0.464 e. The minimum atomic E-state index is -0.731. The predicted molar refractivity (Wildman–Crippen MR) is 63.2 cm³/mol. The third-order valence-corrected chi connectivity index (χ3v) is 3.51. The van der Waals surface area contributed by atoms with Crippen LogP contribution in [-0.2, 0) is 14.3 Å². The Morgan fingerprint density at radius 2 is 1.81 bits per heavy atom. The van der Waals surface area contributed by atoms with E-state index in [0.29, 0.717) is 19.1 Å². The van der Waals surface area contributed by atoms with Gasteiger partial charge in [0.1, 0.15) is 0 Å². The molecule has 16 heavy (non-hydrogen) atoms. The summed E-state index contributed by atoms with van der Waals surface area (Å²) in [7, 11) is 0. The van der Waals surface area contributed by atoms with Gasteiger partial charge in [0.2, 0.25) is 0 Å². The van der Waals surface area contributed by atoms with E-state index < -0.39 is 5.60 Å². The zero-order chi connectivity index (χ0) is 12.0. The second kappa shape index (κ2) is 6.24. The zero-order valence-electron chi connectivity index (χ0n) is 10.8. The molecule has 3 nitrogen and oxygen atoms in total. The lowest BCUT2D eigenvalue weighted by Gasteiger charge is -2.37. The van der Waals surface area contributed by atoms with E-state index in [0.717, 1.165) is 12.8 Å². The van der Waals surface area contributed by atoms with Crippen molar-refractivity contribution < 1.29 is 14.3 Å². The normalized spacial score (nSPS) is 21.4. The van der Waals surface area contributed by atoms with Crippen molar-refractivity contribution in [2.75, 3.05) is 13.2 Å². The minimum Gasteiger partial charge on any atom is -0.464 e. The number of hydrogen-bond acceptors (Lipinski definition) is 3. The molecule has 0 aromatic rings. The summed E-state index contributed by atoms with van der Waals surface area (Å²) in [5.41, 5.74) is -0.731. The maximum atomic E-state index is 12.0. The molecular formula is C13H24O3. The van der Waals surface area contributed by atoms with Crippen LogP contribution in [0.3, 0.4) is 0 Å². The SMILES string of the molecule is CCOC(=O)C(C)(OCC)C1CCCCC1. The first kappa shape index (κ1) is 13.5. The first-order valence-corrected chi connectivity index (χ1v) is 6.46. The van der Waals surface area contributed by atoms with Crippen LogP contribution in [0.2, 0.25) is 0 Å². The Labute approximate surface area is 98.5 Å². The first-order valence-electron chi connectivity index (χ1n) is 6.46. The summed E-state index contributed by atoms with van der Waals surface area (Å²) < 4.78 is 10.9. The molecule has 0 N–H and O–H groups in total. The van der Waals surface area contributed by atoms with Crippen molar-refractivity contribution in [3.05, 3.63) is 0 Å². The predicted octanol–water partition coefficient (Wildman–Crippen LogP) is 2.93. The number of carbonyl (C=O) groups excluding carboxylic acids is 1. The second-order valence-corrected chi connectivity index (χ2v) is 4.60. The molecular weight excluding hydrogens is 204 g/mol. The van der Waals surface area contributed by atoms with Crippen LogP contribution >= 0.6 is 0 Å². The fourth-order valence-electron chi connectivity index (χ4n) is 2.57. The van der Waals surface area contributed by atoms with Crippen LogP contribution in [0.1, 0.15) is 52.9 Å². The molecule has 1 aliphatic carbocycles. The molecule has 0 aromatic carbocycles. The molecule has 0 aliphatic heterocycles. The molecule has 0 amide bonds. The van der Waals surface area contributed by atoms with Crippen molar-refractivity contribution >= 4 is 5.97 Å². The van der Waals surface area contributed by atoms with Crippen molar-refractivity contribution in [3.63, 3.8) is 0 Å². The van der Waals surface area contributed by atoms with Gasteiger partial charge in [-0.3, -0.25) is 0 Å². The van der Waals surface area contributed by atoms with Crippen LogP contribution in [0.4, 0.5) is 0 Å². The van der Waals surface area contributed by atoms with Crippen LogP contribution in [0.25, 0.3) is 0 Å². The third kappa shape index (κ3) is 2.97. The van der Waals surface area contributed by atoms with Crippen molar-refractivity contribution in [3.8, 4) is 0 Å². The molecule has 94 valence electrons. The molecule has 1 atom stereocenters. The van der Waals surface area contributed by atoms with Crippen LogP contribution in [-0.4, -0.2) is 24.8 Å². The average Bonchev–Trinajstić information content (AvgIpc) is 2.30. The summed E-state index contributed by atoms with van der Waals surface area (Å²) in [6, 6.07) is 0. The Balaban J connectivity index is 2.72. The van der Waals surface area contributed by atoms with Gasteiger partial charge >= 0.3 is 5.97 Å². The van der Waals surface area contributed by atoms with Gasteiger partial charge in [0.15, 0.2) is 5.60 Å². The standard InChI is InChI=1S/C13H24O3/c1-4-15-12(14)13(3,16-5-2)11-9-7-6-8-10-11/h11H,4-10H2,1-3H3. The van der Waals surface area contributed by atoms with Gasteiger partial charge in [-0.2, -0.15) is 0 Å². The molecule has 1 saturated carbocycles. The Hall–Kier alpha value is -0.570. The maximum Gasteiger partial charge on any atom is 0.338 e. The van der Waals surface area contributed by atoms with E-state index in [-0.39, 0.29) is 5.97 Å². The lowest BCUT2D eigenvalue weighted by atomic mass is 9.77. The summed E-state index contributed by atoms with van der Waals surface area (Å²) in [5.74, 6) is 0.129. The third-order valence-electron chi connectivity index (χ3n) is 3.51. The Kier molecular flexibility index (Phi) is 5.26. The molecule has 1 fully saturated rings. The van der Waals surface area contributed by atoms with Gasteiger partial charge in [-0.05, 0) is 39.5 Å². The average molecular weight is 228 g/mol. The number of ether oxygens (including phenoxy) is 2. The number of esters is 1. The monoisotopic (exact) mass is 228 g/mol. The van der Waals surface area contributed by atoms with Crippen molar-refractivity contribution in [1.82, 2.24) is 0 Å². The van der Waals surface area contributed by atoms with Gasteiger partial charge < -0.3 is 9.47 Å². The van der Waals surface area contributed by atoms with Gasteiger partial charge in [0.05, 0.1) is 6.61 Å². The van der Waals surface area contributed by atoms with Gasteiger partial charge in [0.25, 0.3) is 0 Å². The molecule has 0 aromatic heterocycles. The molecule has 0 spiro atoms. The van der Waals surface area contributed by atoms with E-state index in [1.807, 2.05) is 20.8 Å². The quantitative estimate of drug-likeness (QED) is 0.679. The Morgan fingerprint density at radius 1 is 1.19 bits per heavy atom. The fourth-order valence-corrected chi connectivity index (χ4v) is 2.57. The van der Waals surface area contributed by atoms with Gasteiger partial charge in [-0.15, -0.1) is 0 Å². The van der Waals surface area contributed by atoms with Crippen LogP contribution in [0.5, 0.6) is 0 Å². The Morgan fingerprint density at radius 3 is 2.31 bits per heavy atom. The molecule has 0 radical (unpaired) electrons. The summed E-state index contributed by atoms with van der Waals surface area (Å²) in [6.45, 7) is 6.65. The smallest absolute Gasteiger partial charge is 0.338 e. The minimum absolute atomic E-state index is 0.191. The highest BCUT2D eigenvalue weighted by atomic mass is 16.6. The summed E-state index contributed by atoms with van der Waals surface area (Å²) in [5, 5.41) is 0. The van der Waals surface area contributed by atoms with E-state index >= 15 is 0 Å².